The maximum absolute atomic E-state index is 6.65. The SMILES string of the molecule is C=CC1=C(/C=C\C)Oc2cc(-c3cccc4c3c3ccccc3n4-c3nc(-c4ccccc4)nc(-c4ccccc4)n3)cc3c2N1c1ccccc1O3. The molecule has 0 N–H and O–H groups in total. The maximum Gasteiger partial charge on any atom is 0.238 e. The summed E-state index contributed by atoms with van der Waals surface area (Å²) >= 11 is 0. The third kappa shape index (κ3) is 4.86. The zero-order valence-electron chi connectivity index (χ0n) is 28.8. The lowest BCUT2D eigenvalue weighted by molar-refractivity contribution is 0.415. The smallest absolute Gasteiger partial charge is 0.238 e. The fourth-order valence-corrected chi connectivity index (χ4v) is 7.45. The number of ether oxygens (including phenoxy) is 2. The number of hydrogen-bond acceptors (Lipinski definition) is 6. The predicted molar refractivity (Wildman–Crippen MR) is 212 cm³/mol. The number of para-hydroxylation sites is 3. The number of fused-ring (bicyclic) bond motifs is 5. The molecule has 0 radical (unpaired) electrons. The zero-order valence-corrected chi connectivity index (χ0v) is 28.8. The summed E-state index contributed by atoms with van der Waals surface area (Å²) in [5, 5.41) is 2.14. The molecule has 10 rings (SSSR count). The van der Waals surface area contributed by atoms with Gasteiger partial charge in [-0.1, -0.05) is 116 Å². The molecule has 6 aromatic carbocycles. The molecule has 0 unspecified atom stereocenters. The molecule has 0 aliphatic carbocycles. The Morgan fingerprint density at radius 3 is 1.96 bits per heavy atom. The second-order valence-corrected chi connectivity index (χ2v) is 12.8. The van der Waals surface area contributed by atoms with Gasteiger partial charge in [0.15, 0.2) is 34.7 Å². The van der Waals surface area contributed by atoms with Crippen molar-refractivity contribution in [2.45, 2.75) is 6.92 Å². The monoisotopic (exact) mass is 685 g/mol. The van der Waals surface area contributed by atoms with Crippen LogP contribution < -0.4 is 14.4 Å². The fourth-order valence-electron chi connectivity index (χ4n) is 7.45. The van der Waals surface area contributed by atoms with Gasteiger partial charge in [-0.05, 0) is 66.6 Å². The Balaban J connectivity index is 1.22. The summed E-state index contributed by atoms with van der Waals surface area (Å²) in [5.74, 6) is 4.62. The standard InChI is InChI=1S/C46H31N5O2/c1-3-16-38-34(4-2)50-36-24-13-14-26-39(36)53-41-28-31(27-40(52-38)43(41)50)32-22-15-25-37-42(32)33-21-11-12-23-35(33)51(37)46-48-44(29-17-7-5-8-18-29)47-45(49-46)30-19-9-6-10-20-30/h3-28H,2H2,1H3/b16-3-. The molecular formula is C46H31N5O2. The molecule has 2 aliphatic rings. The number of anilines is 2. The topological polar surface area (TPSA) is 65.3 Å². The molecule has 2 aliphatic heterocycles. The summed E-state index contributed by atoms with van der Waals surface area (Å²) in [4.78, 5) is 17.4. The number of nitrogens with zero attached hydrogens (tertiary/aromatic N) is 5. The molecule has 0 saturated heterocycles. The zero-order chi connectivity index (χ0) is 35.5. The van der Waals surface area contributed by atoms with Gasteiger partial charge in [-0.2, -0.15) is 9.97 Å². The van der Waals surface area contributed by atoms with E-state index in [2.05, 4.69) is 76.7 Å². The summed E-state index contributed by atoms with van der Waals surface area (Å²) < 4.78 is 15.4. The summed E-state index contributed by atoms with van der Waals surface area (Å²) in [5.41, 5.74) is 8.40. The average Bonchev–Trinajstić information content (AvgIpc) is 3.56. The highest BCUT2D eigenvalue weighted by atomic mass is 16.5. The Bertz CT molecular complexity index is 2760. The average molecular weight is 686 g/mol. The minimum absolute atomic E-state index is 0.540. The van der Waals surface area contributed by atoms with Crippen LogP contribution in [0, 0.1) is 0 Å². The largest absolute Gasteiger partial charge is 0.453 e. The second-order valence-electron chi connectivity index (χ2n) is 12.8. The van der Waals surface area contributed by atoms with Crippen molar-refractivity contribution in [1.82, 2.24) is 19.5 Å². The van der Waals surface area contributed by atoms with Gasteiger partial charge < -0.3 is 9.47 Å². The van der Waals surface area contributed by atoms with Gasteiger partial charge in [0.2, 0.25) is 5.95 Å². The molecular weight excluding hydrogens is 655 g/mol. The quantitative estimate of drug-likeness (QED) is 0.174. The first-order valence-electron chi connectivity index (χ1n) is 17.5. The summed E-state index contributed by atoms with van der Waals surface area (Å²) in [6.45, 7) is 6.13. The molecule has 0 amide bonds. The minimum Gasteiger partial charge on any atom is -0.453 e. The predicted octanol–water partition coefficient (Wildman–Crippen LogP) is 11.6. The highest BCUT2D eigenvalue weighted by Gasteiger charge is 2.35. The van der Waals surface area contributed by atoms with E-state index in [0.29, 0.717) is 34.9 Å². The minimum atomic E-state index is 0.540. The molecule has 8 aromatic rings. The molecule has 0 atom stereocenters. The first kappa shape index (κ1) is 30.6. The van der Waals surface area contributed by atoms with Gasteiger partial charge in [0.05, 0.1) is 22.4 Å². The van der Waals surface area contributed by atoms with Gasteiger partial charge in [-0.3, -0.25) is 9.47 Å². The van der Waals surface area contributed by atoms with Gasteiger partial charge in [0, 0.05) is 21.9 Å². The Labute approximate surface area is 306 Å². The lowest BCUT2D eigenvalue weighted by Crippen LogP contribution is -2.26. The molecule has 0 fully saturated rings. The van der Waals surface area contributed by atoms with E-state index in [9.17, 15) is 0 Å². The number of rotatable bonds is 6. The van der Waals surface area contributed by atoms with Crippen LogP contribution in [0.4, 0.5) is 11.4 Å². The third-order valence-electron chi connectivity index (χ3n) is 9.71. The Hall–Kier alpha value is -7.25. The van der Waals surface area contributed by atoms with E-state index in [1.54, 1.807) is 0 Å². The number of aromatic nitrogens is 4. The first-order chi connectivity index (χ1) is 26.2. The van der Waals surface area contributed by atoms with Crippen LogP contribution in [0.25, 0.3) is 61.7 Å². The van der Waals surface area contributed by atoms with E-state index in [1.165, 1.54) is 0 Å². The lowest BCUT2D eigenvalue weighted by Gasteiger charge is -2.38. The van der Waals surface area contributed by atoms with Crippen molar-refractivity contribution in [3.63, 3.8) is 0 Å². The van der Waals surface area contributed by atoms with Crippen LogP contribution in [0.5, 0.6) is 17.2 Å². The van der Waals surface area contributed by atoms with Crippen LogP contribution in [0.15, 0.2) is 176 Å². The molecule has 7 nitrogen and oxygen atoms in total. The van der Waals surface area contributed by atoms with Gasteiger partial charge in [0.25, 0.3) is 0 Å². The molecule has 53 heavy (non-hydrogen) atoms. The normalized spacial score (nSPS) is 13.2. The van der Waals surface area contributed by atoms with Crippen LogP contribution in [-0.2, 0) is 0 Å². The van der Waals surface area contributed by atoms with Crippen molar-refractivity contribution >= 4 is 33.2 Å². The van der Waals surface area contributed by atoms with Gasteiger partial charge in [0.1, 0.15) is 5.69 Å². The Kier molecular flexibility index (Phi) is 7.04. The van der Waals surface area contributed by atoms with Crippen molar-refractivity contribution < 1.29 is 9.47 Å². The van der Waals surface area contributed by atoms with E-state index in [1.807, 2.05) is 104 Å². The Morgan fingerprint density at radius 1 is 0.604 bits per heavy atom. The van der Waals surface area contributed by atoms with Crippen LogP contribution in [0.2, 0.25) is 0 Å². The summed E-state index contributed by atoms with van der Waals surface area (Å²) in [7, 11) is 0. The first-order valence-corrected chi connectivity index (χ1v) is 17.5. The lowest BCUT2D eigenvalue weighted by atomic mass is 9.97. The van der Waals surface area contributed by atoms with Crippen molar-refractivity contribution in [2.24, 2.45) is 0 Å². The number of allylic oxidation sites excluding steroid dienone is 3. The van der Waals surface area contributed by atoms with Crippen molar-refractivity contribution in [1.29, 1.82) is 0 Å². The van der Waals surface area contributed by atoms with Gasteiger partial charge >= 0.3 is 0 Å². The van der Waals surface area contributed by atoms with E-state index in [-0.39, 0.29) is 0 Å². The van der Waals surface area contributed by atoms with E-state index < -0.39 is 0 Å². The summed E-state index contributed by atoms with van der Waals surface area (Å²) in [6.07, 6.45) is 5.78. The van der Waals surface area contributed by atoms with E-state index in [0.717, 1.165) is 66.9 Å². The van der Waals surface area contributed by atoms with Crippen molar-refractivity contribution in [2.75, 3.05) is 4.90 Å². The van der Waals surface area contributed by atoms with Gasteiger partial charge in [-0.15, -0.1) is 0 Å². The number of hydrogen-bond donors (Lipinski definition) is 0. The molecule has 4 heterocycles. The molecule has 7 heteroatoms. The van der Waals surface area contributed by atoms with Crippen molar-refractivity contribution in [3.05, 3.63) is 176 Å². The second kappa shape index (κ2) is 12.2. The van der Waals surface area contributed by atoms with Crippen LogP contribution >= 0.6 is 0 Å². The van der Waals surface area contributed by atoms with Crippen molar-refractivity contribution in [3.8, 4) is 57.1 Å². The van der Waals surface area contributed by atoms with Crippen LogP contribution in [-0.4, -0.2) is 19.5 Å². The van der Waals surface area contributed by atoms with Crippen LogP contribution in [0.1, 0.15) is 6.92 Å². The Morgan fingerprint density at radius 2 is 1.25 bits per heavy atom. The van der Waals surface area contributed by atoms with Crippen LogP contribution in [0.3, 0.4) is 0 Å². The molecule has 0 bridgehead atoms. The van der Waals surface area contributed by atoms with E-state index in [4.69, 9.17) is 24.4 Å². The molecule has 2 aromatic heterocycles. The highest BCUT2D eigenvalue weighted by Crippen LogP contribution is 2.57. The maximum atomic E-state index is 6.65. The summed E-state index contributed by atoms with van der Waals surface area (Å²) in [6, 6.07) is 47.1. The van der Waals surface area contributed by atoms with Gasteiger partial charge in [-0.25, -0.2) is 4.98 Å². The highest BCUT2D eigenvalue weighted by molar-refractivity contribution is 6.16. The fraction of sp³-hybridized carbons (Fsp3) is 0.0217. The number of benzene rings is 6. The third-order valence-corrected chi connectivity index (χ3v) is 9.71. The molecule has 0 saturated carbocycles. The molecule has 0 spiro atoms. The van der Waals surface area contributed by atoms with E-state index >= 15 is 0 Å². The molecule has 252 valence electrons.